The molecule has 1 atom stereocenters. The first-order valence-electron chi connectivity index (χ1n) is 6.05. The van der Waals surface area contributed by atoms with E-state index in [0.717, 1.165) is 31.1 Å². The van der Waals surface area contributed by atoms with Crippen LogP contribution in [0.25, 0.3) is 0 Å². The highest BCUT2D eigenvalue weighted by molar-refractivity contribution is 5.71. The maximum atomic E-state index is 10.4. The molecule has 0 saturated carbocycles. The Hall–Kier alpha value is -1.15. The predicted octanol–water partition coefficient (Wildman–Crippen LogP) is 3.58. The summed E-state index contributed by atoms with van der Waals surface area (Å²) in [5.74, 6) is 0. The lowest BCUT2D eigenvalue weighted by molar-refractivity contribution is -0.104. The molecule has 0 aromatic carbocycles. The fourth-order valence-corrected chi connectivity index (χ4v) is 1.39. The van der Waals surface area contributed by atoms with Crippen LogP contribution < -0.4 is 0 Å². The number of allylic oxidation sites excluding steroid dienone is 4. The second-order valence-electron chi connectivity index (χ2n) is 4.76. The standard InChI is InChI=1S/C15H24O2/c1-5-15(4,17)11-7-10-13(2)8-6-9-14(3)12-16/h5,9-10,12,17H,1,6-8,11H2,2-4H3. The van der Waals surface area contributed by atoms with Crippen molar-refractivity contribution < 1.29 is 9.90 Å². The predicted molar refractivity (Wildman–Crippen MR) is 72.9 cm³/mol. The highest BCUT2D eigenvalue weighted by Gasteiger charge is 2.13. The van der Waals surface area contributed by atoms with Gasteiger partial charge >= 0.3 is 0 Å². The number of aldehydes is 1. The molecule has 0 radical (unpaired) electrons. The van der Waals surface area contributed by atoms with E-state index in [1.165, 1.54) is 5.57 Å². The molecule has 0 rings (SSSR count). The maximum Gasteiger partial charge on any atom is 0.145 e. The Kier molecular flexibility index (Phi) is 7.47. The van der Waals surface area contributed by atoms with Crippen LogP contribution in [0.2, 0.25) is 0 Å². The van der Waals surface area contributed by atoms with E-state index < -0.39 is 5.60 Å². The fourth-order valence-electron chi connectivity index (χ4n) is 1.39. The molecule has 0 aromatic heterocycles. The van der Waals surface area contributed by atoms with Gasteiger partial charge in [-0.2, -0.15) is 0 Å². The fraction of sp³-hybridized carbons (Fsp3) is 0.533. The Morgan fingerprint density at radius 2 is 1.94 bits per heavy atom. The van der Waals surface area contributed by atoms with Gasteiger partial charge in [0.25, 0.3) is 0 Å². The summed E-state index contributed by atoms with van der Waals surface area (Å²) in [5, 5.41) is 9.72. The molecule has 96 valence electrons. The van der Waals surface area contributed by atoms with Crippen molar-refractivity contribution in [3.8, 4) is 0 Å². The van der Waals surface area contributed by atoms with Crippen molar-refractivity contribution in [2.75, 3.05) is 0 Å². The van der Waals surface area contributed by atoms with Gasteiger partial charge in [0.1, 0.15) is 6.29 Å². The average molecular weight is 236 g/mol. The zero-order valence-corrected chi connectivity index (χ0v) is 11.2. The van der Waals surface area contributed by atoms with Crippen molar-refractivity contribution in [3.63, 3.8) is 0 Å². The minimum absolute atomic E-state index is 0.692. The normalized spacial score (nSPS) is 16.5. The largest absolute Gasteiger partial charge is 0.386 e. The van der Waals surface area contributed by atoms with E-state index in [0.29, 0.717) is 6.42 Å². The Morgan fingerprint density at radius 1 is 1.29 bits per heavy atom. The summed E-state index contributed by atoms with van der Waals surface area (Å²) < 4.78 is 0. The summed E-state index contributed by atoms with van der Waals surface area (Å²) in [7, 11) is 0. The monoisotopic (exact) mass is 236 g/mol. The molecule has 0 heterocycles. The molecule has 0 aliphatic heterocycles. The zero-order chi connectivity index (χ0) is 13.3. The van der Waals surface area contributed by atoms with Crippen molar-refractivity contribution in [1.29, 1.82) is 0 Å². The number of rotatable bonds is 8. The molecule has 0 aliphatic rings. The van der Waals surface area contributed by atoms with Crippen molar-refractivity contribution in [2.24, 2.45) is 0 Å². The van der Waals surface area contributed by atoms with Crippen LogP contribution in [0.15, 0.2) is 36.0 Å². The maximum absolute atomic E-state index is 10.4. The minimum atomic E-state index is -0.773. The molecule has 0 aliphatic carbocycles. The molecule has 17 heavy (non-hydrogen) atoms. The topological polar surface area (TPSA) is 37.3 Å². The molecular formula is C15H24O2. The highest BCUT2D eigenvalue weighted by Crippen LogP contribution is 2.15. The van der Waals surface area contributed by atoms with Gasteiger partial charge in [-0.25, -0.2) is 0 Å². The second-order valence-corrected chi connectivity index (χ2v) is 4.76. The van der Waals surface area contributed by atoms with Gasteiger partial charge in [0.15, 0.2) is 0 Å². The molecule has 0 saturated heterocycles. The van der Waals surface area contributed by atoms with Crippen molar-refractivity contribution in [2.45, 2.75) is 52.1 Å². The molecule has 2 nitrogen and oxygen atoms in total. The van der Waals surface area contributed by atoms with E-state index >= 15 is 0 Å². The van der Waals surface area contributed by atoms with Gasteiger partial charge in [-0.3, -0.25) is 4.79 Å². The van der Waals surface area contributed by atoms with Crippen LogP contribution in [0.5, 0.6) is 0 Å². The highest BCUT2D eigenvalue weighted by atomic mass is 16.3. The van der Waals surface area contributed by atoms with Gasteiger partial charge in [0, 0.05) is 0 Å². The summed E-state index contributed by atoms with van der Waals surface area (Å²) in [6.45, 7) is 9.25. The smallest absolute Gasteiger partial charge is 0.145 e. The molecular weight excluding hydrogens is 212 g/mol. The first kappa shape index (κ1) is 15.9. The number of hydrogen-bond donors (Lipinski definition) is 1. The van der Waals surface area contributed by atoms with Gasteiger partial charge in [-0.15, -0.1) is 6.58 Å². The van der Waals surface area contributed by atoms with Gasteiger partial charge < -0.3 is 5.11 Å². The summed E-state index contributed by atoms with van der Waals surface area (Å²) in [6, 6.07) is 0. The lowest BCUT2D eigenvalue weighted by atomic mass is 9.99. The SMILES string of the molecule is C=CC(C)(O)CCC=C(C)CCC=C(C)C=O. The van der Waals surface area contributed by atoms with Gasteiger partial charge in [0.2, 0.25) is 0 Å². The van der Waals surface area contributed by atoms with Crippen LogP contribution in [-0.4, -0.2) is 17.0 Å². The van der Waals surface area contributed by atoms with Crippen LogP contribution in [0.1, 0.15) is 46.5 Å². The third-order valence-electron chi connectivity index (χ3n) is 2.77. The lowest BCUT2D eigenvalue weighted by Gasteiger charge is -2.16. The van der Waals surface area contributed by atoms with E-state index in [9.17, 15) is 9.90 Å². The van der Waals surface area contributed by atoms with Gasteiger partial charge in [-0.1, -0.05) is 23.8 Å². The third kappa shape index (κ3) is 8.64. The van der Waals surface area contributed by atoms with Crippen LogP contribution in [-0.2, 0) is 4.79 Å². The van der Waals surface area contributed by atoms with Crippen LogP contribution in [0, 0.1) is 0 Å². The van der Waals surface area contributed by atoms with Gasteiger partial charge in [-0.05, 0) is 52.0 Å². The molecule has 0 spiro atoms. The molecule has 0 bridgehead atoms. The first-order chi connectivity index (χ1) is 7.91. The molecule has 1 N–H and O–H groups in total. The Balaban J connectivity index is 3.95. The van der Waals surface area contributed by atoms with Crippen molar-refractivity contribution in [1.82, 2.24) is 0 Å². The first-order valence-corrected chi connectivity index (χ1v) is 6.05. The zero-order valence-electron chi connectivity index (χ0n) is 11.2. The number of carbonyl (C=O) groups is 1. The average Bonchev–Trinajstić information content (AvgIpc) is 2.28. The van der Waals surface area contributed by atoms with Gasteiger partial charge in [0.05, 0.1) is 5.60 Å². The number of carbonyl (C=O) groups excluding carboxylic acids is 1. The summed E-state index contributed by atoms with van der Waals surface area (Å²) in [6.07, 6.45) is 9.93. The quantitative estimate of drug-likeness (QED) is 0.397. The molecule has 1 unspecified atom stereocenters. The lowest BCUT2D eigenvalue weighted by Crippen LogP contribution is -2.19. The van der Waals surface area contributed by atoms with Crippen molar-refractivity contribution in [3.05, 3.63) is 36.0 Å². The Labute approximate surface area is 105 Å². The second kappa shape index (κ2) is 8.02. The summed E-state index contributed by atoms with van der Waals surface area (Å²) in [4.78, 5) is 10.4. The van der Waals surface area contributed by atoms with E-state index in [1.807, 2.05) is 13.0 Å². The molecule has 2 heteroatoms. The van der Waals surface area contributed by atoms with E-state index in [2.05, 4.69) is 19.6 Å². The number of aliphatic hydroxyl groups is 1. The van der Waals surface area contributed by atoms with E-state index in [-0.39, 0.29) is 0 Å². The summed E-state index contributed by atoms with van der Waals surface area (Å²) in [5.41, 5.74) is 1.30. The van der Waals surface area contributed by atoms with Crippen molar-refractivity contribution >= 4 is 6.29 Å². The van der Waals surface area contributed by atoms with Crippen LogP contribution in [0.4, 0.5) is 0 Å². The van der Waals surface area contributed by atoms with E-state index in [4.69, 9.17) is 0 Å². The molecule has 0 aromatic rings. The molecule has 0 fully saturated rings. The van der Waals surface area contributed by atoms with Crippen LogP contribution in [0.3, 0.4) is 0 Å². The summed E-state index contributed by atoms with van der Waals surface area (Å²) >= 11 is 0. The Morgan fingerprint density at radius 3 is 2.47 bits per heavy atom. The minimum Gasteiger partial charge on any atom is -0.386 e. The van der Waals surface area contributed by atoms with E-state index in [1.54, 1.807) is 13.0 Å². The van der Waals surface area contributed by atoms with Crippen LogP contribution >= 0.6 is 0 Å². The number of hydrogen-bond acceptors (Lipinski definition) is 2. The Bertz CT molecular complexity index is 309. The third-order valence-corrected chi connectivity index (χ3v) is 2.77. The molecule has 0 amide bonds.